The van der Waals surface area contributed by atoms with E-state index < -0.39 is 0 Å². The minimum absolute atomic E-state index is 0.275. The van der Waals surface area contributed by atoms with Crippen LogP contribution in [-0.2, 0) is 6.54 Å². The van der Waals surface area contributed by atoms with E-state index in [1.54, 1.807) is 12.1 Å². The van der Waals surface area contributed by atoms with Crippen LogP contribution in [0.5, 0.6) is 0 Å². The smallest absolute Gasteiger partial charge is 0.256 e. The number of benzene rings is 2. The summed E-state index contributed by atoms with van der Waals surface area (Å²) in [7, 11) is 0. The number of nitriles is 1. The fourth-order valence-electron chi connectivity index (χ4n) is 4.10. The molecule has 2 aromatic heterocycles. The number of carbonyl (C=O) groups excluding carboxylic acids is 1. The summed E-state index contributed by atoms with van der Waals surface area (Å²) in [5.41, 5.74) is 3.49. The Balaban J connectivity index is 1.87. The number of hydrogen-bond acceptors (Lipinski definition) is 4. The maximum Gasteiger partial charge on any atom is 0.256 e. The van der Waals surface area contributed by atoms with Crippen molar-refractivity contribution in [2.24, 2.45) is 5.92 Å². The highest BCUT2D eigenvalue weighted by atomic mass is 79.9. The summed E-state index contributed by atoms with van der Waals surface area (Å²) >= 11 is 3.42. The van der Waals surface area contributed by atoms with Crippen LogP contribution < -0.4 is 5.32 Å². The van der Waals surface area contributed by atoms with Gasteiger partial charge in [-0.1, -0.05) is 67.2 Å². The molecule has 1 atom stereocenters. The third kappa shape index (κ3) is 4.76. The van der Waals surface area contributed by atoms with Crippen LogP contribution in [0.4, 0.5) is 5.82 Å². The van der Waals surface area contributed by atoms with Gasteiger partial charge in [-0.25, -0.2) is 9.97 Å². The van der Waals surface area contributed by atoms with E-state index in [1.165, 1.54) is 0 Å². The predicted octanol–water partition coefficient (Wildman–Crippen LogP) is 6.69. The van der Waals surface area contributed by atoms with Crippen molar-refractivity contribution >= 4 is 49.9 Å². The number of nitrogens with zero attached hydrogens (tertiary/aromatic N) is 4. The molecule has 2 heterocycles. The van der Waals surface area contributed by atoms with E-state index in [0.717, 1.165) is 41.2 Å². The Morgan fingerprint density at radius 1 is 1.15 bits per heavy atom. The minimum atomic E-state index is -0.275. The third-order valence-electron chi connectivity index (χ3n) is 5.97. The van der Waals surface area contributed by atoms with Gasteiger partial charge < -0.3 is 9.88 Å². The molecule has 1 unspecified atom stereocenters. The lowest BCUT2D eigenvalue weighted by Crippen LogP contribution is -2.18. The van der Waals surface area contributed by atoms with Gasteiger partial charge in [0, 0.05) is 16.6 Å². The van der Waals surface area contributed by atoms with Gasteiger partial charge in [-0.3, -0.25) is 4.79 Å². The van der Waals surface area contributed by atoms with E-state index in [1.807, 2.05) is 41.0 Å². The quantitative estimate of drug-likeness (QED) is 0.290. The molecule has 0 spiro atoms. The maximum absolute atomic E-state index is 13.1. The third-order valence-corrected chi connectivity index (χ3v) is 6.46. The number of hydrogen-bond donors (Lipinski definition) is 1. The average Bonchev–Trinajstić information content (AvgIpc) is 3.10. The highest BCUT2D eigenvalue weighted by Gasteiger charge is 2.24. The molecule has 1 amide bonds. The Labute approximate surface area is 201 Å². The number of fused-ring (bicyclic) bond motifs is 2. The van der Waals surface area contributed by atoms with Crippen molar-refractivity contribution < 1.29 is 4.79 Å². The van der Waals surface area contributed by atoms with Crippen molar-refractivity contribution in [1.29, 1.82) is 5.26 Å². The second kappa shape index (κ2) is 10.1. The molecule has 0 bridgehead atoms. The van der Waals surface area contributed by atoms with Crippen LogP contribution in [0.25, 0.3) is 22.2 Å². The fourth-order valence-corrected chi connectivity index (χ4v) is 4.50. The average molecular weight is 504 g/mol. The number of aromatic nitrogens is 3. The lowest BCUT2D eigenvalue weighted by atomic mass is 9.99. The standard InChI is InChI=1S/C26H26BrN5O/c1-3-5-9-17(4-2)16-32-24(31-26(33)18-10-8-11-19(27)14-18)20(15-28)23-25(32)30-22-13-7-6-12-21(22)29-23/h6-8,10-14,17H,3-5,9,16H2,1-2H3,(H,31,33). The van der Waals surface area contributed by atoms with E-state index in [0.29, 0.717) is 40.6 Å². The van der Waals surface area contributed by atoms with Crippen LogP contribution in [0.1, 0.15) is 55.5 Å². The minimum Gasteiger partial charge on any atom is -0.309 e. The molecule has 0 saturated carbocycles. The van der Waals surface area contributed by atoms with Crippen LogP contribution >= 0.6 is 15.9 Å². The zero-order valence-corrected chi connectivity index (χ0v) is 20.4. The molecular weight excluding hydrogens is 478 g/mol. The van der Waals surface area contributed by atoms with Gasteiger partial charge in [0.1, 0.15) is 23.0 Å². The molecule has 2 aromatic carbocycles. The van der Waals surface area contributed by atoms with Gasteiger partial charge in [0.25, 0.3) is 5.91 Å². The molecule has 0 fully saturated rings. The van der Waals surface area contributed by atoms with Gasteiger partial charge in [-0.2, -0.15) is 5.26 Å². The second-order valence-corrected chi connectivity index (χ2v) is 9.13. The van der Waals surface area contributed by atoms with E-state index in [2.05, 4.69) is 41.2 Å². The predicted molar refractivity (Wildman–Crippen MR) is 135 cm³/mol. The summed E-state index contributed by atoms with van der Waals surface area (Å²) in [6.45, 7) is 5.03. The number of carbonyl (C=O) groups is 1. The van der Waals surface area contributed by atoms with Crippen molar-refractivity contribution in [3.05, 3.63) is 64.1 Å². The van der Waals surface area contributed by atoms with E-state index in [-0.39, 0.29) is 5.91 Å². The van der Waals surface area contributed by atoms with E-state index in [4.69, 9.17) is 9.97 Å². The second-order valence-electron chi connectivity index (χ2n) is 8.21. The molecule has 33 heavy (non-hydrogen) atoms. The molecule has 0 aliphatic heterocycles. The number of amides is 1. The first-order chi connectivity index (χ1) is 16.0. The molecule has 0 aliphatic rings. The Morgan fingerprint density at radius 2 is 1.91 bits per heavy atom. The molecule has 1 N–H and O–H groups in total. The van der Waals surface area contributed by atoms with Crippen LogP contribution in [-0.4, -0.2) is 20.4 Å². The molecule has 4 aromatic rings. The highest BCUT2D eigenvalue weighted by molar-refractivity contribution is 9.10. The summed E-state index contributed by atoms with van der Waals surface area (Å²) in [5.74, 6) is 0.590. The Kier molecular flexibility index (Phi) is 7.05. The van der Waals surface area contributed by atoms with E-state index >= 15 is 0 Å². The first-order valence-corrected chi connectivity index (χ1v) is 12.1. The molecule has 0 radical (unpaired) electrons. The summed E-state index contributed by atoms with van der Waals surface area (Å²) in [5, 5.41) is 13.1. The largest absolute Gasteiger partial charge is 0.309 e. The van der Waals surface area contributed by atoms with Gasteiger partial charge in [0.15, 0.2) is 5.65 Å². The number of rotatable bonds is 8. The Hall–Kier alpha value is -3.24. The summed E-state index contributed by atoms with van der Waals surface area (Å²) < 4.78 is 2.80. The molecule has 7 heteroatoms. The van der Waals surface area contributed by atoms with Crippen LogP contribution in [0.3, 0.4) is 0 Å². The zero-order valence-electron chi connectivity index (χ0n) is 18.8. The first-order valence-electron chi connectivity index (χ1n) is 11.3. The zero-order chi connectivity index (χ0) is 23.4. The van der Waals surface area contributed by atoms with Crippen molar-refractivity contribution in [3.8, 4) is 6.07 Å². The van der Waals surface area contributed by atoms with Gasteiger partial charge in [-0.15, -0.1) is 0 Å². The summed E-state index contributed by atoms with van der Waals surface area (Å²) in [6, 6.07) is 17.1. The lowest BCUT2D eigenvalue weighted by Gasteiger charge is -2.18. The molecule has 0 saturated heterocycles. The molecule has 168 valence electrons. The molecule has 0 aliphatic carbocycles. The number of anilines is 1. The van der Waals surface area contributed by atoms with Gasteiger partial charge >= 0.3 is 0 Å². The molecule has 6 nitrogen and oxygen atoms in total. The summed E-state index contributed by atoms with van der Waals surface area (Å²) in [6.07, 6.45) is 4.34. The topological polar surface area (TPSA) is 83.6 Å². The van der Waals surface area contributed by atoms with Crippen molar-refractivity contribution in [2.45, 2.75) is 46.1 Å². The van der Waals surface area contributed by atoms with Crippen LogP contribution in [0, 0.1) is 17.2 Å². The van der Waals surface area contributed by atoms with Crippen LogP contribution in [0.2, 0.25) is 0 Å². The highest BCUT2D eigenvalue weighted by Crippen LogP contribution is 2.32. The SMILES string of the molecule is CCCCC(CC)Cn1c(NC(=O)c2cccc(Br)c2)c(C#N)c2nc3ccccc3nc21. The normalized spacial score (nSPS) is 12.1. The molecular formula is C26H26BrN5O. The molecule has 4 rings (SSSR count). The van der Waals surface area contributed by atoms with E-state index in [9.17, 15) is 10.1 Å². The monoisotopic (exact) mass is 503 g/mol. The number of unbranched alkanes of at least 4 members (excludes halogenated alkanes) is 1. The van der Waals surface area contributed by atoms with Crippen molar-refractivity contribution in [3.63, 3.8) is 0 Å². The number of halogens is 1. The Bertz CT molecular complexity index is 1350. The van der Waals surface area contributed by atoms with Gasteiger partial charge in [-0.05, 0) is 42.7 Å². The number of nitrogens with one attached hydrogen (secondary N) is 1. The lowest BCUT2D eigenvalue weighted by molar-refractivity contribution is 0.102. The summed E-state index contributed by atoms with van der Waals surface area (Å²) in [4.78, 5) is 22.7. The number of para-hydroxylation sites is 2. The Morgan fingerprint density at radius 3 is 2.58 bits per heavy atom. The fraction of sp³-hybridized carbons (Fsp3) is 0.308. The first kappa shape index (κ1) is 22.9. The van der Waals surface area contributed by atoms with Gasteiger partial charge in [0.05, 0.1) is 11.0 Å². The van der Waals surface area contributed by atoms with Crippen molar-refractivity contribution in [2.75, 3.05) is 5.32 Å². The van der Waals surface area contributed by atoms with Gasteiger partial charge in [0.2, 0.25) is 0 Å². The maximum atomic E-state index is 13.1. The van der Waals surface area contributed by atoms with Crippen molar-refractivity contribution in [1.82, 2.24) is 14.5 Å². The van der Waals surface area contributed by atoms with Crippen LogP contribution in [0.15, 0.2) is 53.0 Å².